The maximum atomic E-state index is 9.67. The monoisotopic (exact) mass is 229 g/mol. The molecule has 4 heteroatoms. The summed E-state index contributed by atoms with van der Waals surface area (Å²) in [5.74, 6) is 0.273. The molecule has 2 N–H and O–H groups in total. The molecule has 1 aromatic heterocycles. The highest BCUT2D eigenvalue weighted by atomic mass is 16.3. The van der Waals surface area contributed by atoms with E-state index in [-0.39, 0.29) is 5.75 Å². The number of nitrogens with zero attached hydrogens (tertiary/aromatic N) is 2. The first kappa shape index (κ1) is 11.4. The van der Waals surface area contributed by atoms with E-state index in [1.165, 1.54) is 0 Å². The van der Waals surface area contributed by atoms with Crippen LogP contribution in [0.1, 0.15) is 16.8 Å². The molecular weight excluding hydrogens is 214 g/mol. The Morgan fingerprint density at radius 3 is 3.06 bits per heavy atom. The normalized spacial score (nSPS) is 11.1. The first-order valence-corrected chi connectivity index (χ1v) is 5.52. The molecule has 4 nitrogen and oxygen atoms in total. The highest BCUT2D eigenvalue weighted by molar-refractivity contribution is 5.83. The topological polar surface area (TPSA) is 61.3 Å². The van der Waals surface area contributed by atoms with Crippen LogP contribution in [-0.4, -0.2) is 27.8 Å². The zero-order valence-electron chi connectivity index (χ0n) is 9.72. The molecule has 0 aliphatic heterocycles. The number of hydrogen-bond acceptors (Lipinski definition) is 3. The number of phenolic OH excluding ortho intramolecular Hbond substituents is 1. The second-order valence-corrected chi connectivity index (χ2v) is 3.92. The van der Waals surface area contributed by atoms with E-state index in [4.69, 9.17) is 0 Å². The molecule has 2 rings (SSSR count). The van der Waals surface area contributed by atoms with Crippen molar-refractivity contribution < 1.29 is 5.11 Å². The van der Waals surface area contributed by atoms with Gasteiger partial charge in [0, 0.05) is 36.6 Å². The minimum atomic E-state index is 0.273. The van der Waals surface area contributed by atoms with Gasteiger partial charge in [0.25, 0.3) is 0 Å². The maximum Gasteiger partial charge on any atom is 0.124 e. The zero-order valence-corrected chi connectivity index (χ0v) is 9.72. The Bertz CT molecular complexity index is 503. The van der Waals surface area contributed by atoms with Crippen molar-refractivity contribution in [3.05, 3.63) is 47.5 Å². The summed E-state index contributed by atoms with van der Waals surface area (Å²) in [4.78, 5) is 11.2. The lowest BCUT2D eigenvalue weighted by atomic mass is 10.1. The van der Waals surface area contributed by atoms with Crippen molar-refractivity contribution in [2.75, 3.05) is 6.54 Å². The van der Waals surface area contributed by atoms with Crippen LogP contribution < -0.4 is 0 Å². The van der Waals surface area contributed by atoms with E-state index in [0.29, 0.717) is 6.54 Å². The number of nitrogens with one attached hydrogen (secondary N) is 1. The van der Waals surface area contributed by atoms with Crippen molar-refractivity contribution in [3.63, 3.8) is 0 Å². The maximum absolute atomic E-state index is 9.67. The molecule has 0 radical (unpaired) electrons. The number of hydrogen-bond donors (Lipinski definition) is 2. The van der Waals surface area contributed by atoms with Crippen molar-refractivity contribution in [1.29, 1.82) is 0 Å². The molecule has 88 valence electrons. The van der Waals surface area contributed by atoms with Crippen molar-refractivity contribution in [2.24, 2.45) is 4.99 Å². The van der Waals surface area contributed by atoms with E-state index in [0.717, 1.165) is 23.2 Å². The third-order valence-corrected chi connectivity index (χ3v) is 2.48. The molecular formula is C13H15N3O. The number of aryl methyl sites for hydroxylation is 1. The molecule has 0 bridgehead atoms. The number of aromatic amines is 1. The average Bonchev–Trinajstić information content (AvgIpc) is 2.79. The van der Waals surface area contributed by atoms with Crippen molar-refractivity contribution in [3.8, 4) is 5.75 Å². The van der Waals surface area contributed by atoms with Gasteiger partial charge in [0.15, 0.2) is 0 Å². The van der Waals surface area contributed by atoms with Gasteiger partial charge >= 0.3 is 0 Å². The number of aromatic nitrogens is 2. The SMILES string of the molecule is Cc1ccc(C=NCCc2cnc[nH]2)c(O)c1. The minimum absolute atomic E-state index is 0.273. The first-order chi connectivity index (χ1) is 8.25. The second kappa shape index (κ2) is 5.30. The molecule has 0 saturated heterocycles. The Balaban J connectivity index is 1.92. The molecule has 2 aromatic rings. The van der Waals surface area contributed by atoms with E-state index in [1.54, 1.807) is 24.8 Å². The number of imidazole rings is 1. The van der Waals surface area contributed by atoms with E-state index in [2.05, 4.69) is 15.0 Å². The Morgan fingerprint density at radius 2 is 2.35 bits per heavy atom. The van der Waals surface area contributed by atoms with Crippen LogP contribution in [0.5, 0.6) is 5.75 Å². The lowest BCUT2D eigenvalue weighted by Gasteiger charge is -1.99. The van der Waals surface area contributed by atoms with Crippen LogP contribution in [0.2, 0.25) is 0 Å². The van der Waals surface area contributed by atoms with Gasteiger partial charge in [-0.2, -0.15) is 0 Å². The zero-order chi connectivity index (χ0) is 12.1. The van der Waals surface area contributed by atoms with Gasteiger partial charge in [0.2, 0.25) is 0 Å². The fourth-order valence-corrected chi connectivity index (χ4v) is 1.53. The number of aromatic hydroxyl groups is 1. The molecule has 0 aliphatic carbocycles. The van der Waals surface area contributed by atoms with Crippen LogP contribution in [0.25, 0.3) is 0 Å². The van der Waals surface area contributed by atoms with Crippen molar-refractivity contribution >= 4 is 6.21 Å². The van der Waals surface area contributed by atoms with E-state index >= 15 is 0 Å². The smallest absolute Gasteiger partial charge is 0.124 e. The van der Waals surface area contributed by atoms with Crippen LogP contribution >= 0.6 is 0 Å². The summed E-state index contributed by atoms with van der Waals surface area (Å²) < 4.78 is 0. The summed E-state index contributed by atoms with van der Waals surface area (Å²) in [5, 5.41) is 9.67. The third kappa shape index (κ3) is 3.17. The van der Waals surface area contributed by atoms with Crippen LogP contribution in [0, 0.1) is 6.92 Å². The number of aliphatic imine (C=N–C) groups is 1. The minimum Gasteiger partial charge on any atom is -0.507 e. The average molecular weight is 229 g/mol. The van der Waals surface area contributed by atoms with Crippen LogP contribution in [-0.2, 0) is 6.42 Å². The molecule has 0 unspecified atom stereocenters. The fourth-order valence-electron chi connectivity index (χ4n) is 1.53. The second-order valence-electron chi connectivity index (χ2n) is 3.92. The van der Waals surface area contributed by atoms with Gasteiger partial charge in [0.05, 0.1) is 6.33 Å². The molecule has 0 saturated carbocycles. The van der Waals surface area contributed by atoms with Gasteiger partial charge < -0.3 is 10.1 Å². The summed E-state index contributed by atoms with van der Waals surface area (Å²) in [7, 11) is 0. The number of H-pyrrole nitrogens is 1. The molecule has 1 heterocycles. The van der Waals surface area contributed by atoms with E-state index in [1.807, 2.05) is 19.1 Å². The summed E-state index contributed by atoms with van der Waals surface area (Å²) >= 11 is 0. The lowest BCUT2D eigenvalue weighted by molar-refractivity contribution is 0.474. The van der Waals surface area contributed by atoms with Gasteiger partial charge in [-0.15, -0.1) is 0 Å². The predicted octanol–water partition coefficient (Wildman–Crippen LogP) is 2.09. The molecule has 1 aromatic carbocycles. The Kier molecular flexibility index (Phi) is 3.55. The molecule has 0 fully saturated rings. The highest BCUT2D eigenvalue weighted by Crippen LogP contribution is 2.16. The van der Waals surface area contributed by atoms with Gasteiger partial charge in [-0.05, 0) is 24.6 Å². The molecule has 0 spiro atoms. The fraction of sp³-hybridized carbons (Fsp3) is 0.231. The summed E-state index contributed by atoms with van der Waals surface area (Å²) in [6.45, 7) is 2.62. The van der Waals surface area contributed by atoms with Gasteiger partial charge in [-0.25, -0.2) is 4.98 Å². The highest BCUT2D eigenvalue weighted by Gasteiger charge is 1.97. The van der Waals surface area contributed by atoms with Gasteiger partial charge in [0.1, 0.15) is 5.75 Å². The Hall–Kier alpha value is -2.10. The van der Waals surface area contributed by atoms with E-state index < -0.39 is 0 Å². The molecule has 0 atom stereocenters. The van der Waals surface area contributed by atoms with Crippen LogP contribution in [0.3, 0.4) is 0 Å². The van der Waals surface area contributed by atoms with E-state index in [9.17, 15) is 5.11 Å². The summed E-state index contributed by atoms with van der Waals surface area (Å²) in [6, 6.07) is 5.55. The van der Waals surface area contributed by atoms with Crippen molar-refractivity contribution in [1.82, 2.24) is 9.97 Å². The molecule has 0 amide bonds. The summed E-state index contributed by atoms with van der Waals surface area (Å²) in [5.41, 5.74) is 2.85. The quantitative estimate of drug-likeness (QED) is 0.788. The molecule has 17 heavy (non-hydrogen) atoms. The van der Waals surface area contributed by atoms with Gasteiger partial charge in [-0.1, -0.05) is 6.07 Å². The van der Waals surface area contributed by atoms with Gasteiger partial charge in [-0.3, -0.25) is 4.99 Å². The predicted molar refractivity (Wildman–Crippen MR) is 67.6 cm³/mol. The standard InChI is InChI=1S/C13H15N3O/c1-10-2-3-11(13(17)6-10)7-14-5-4-12-8-15-9-16-12/h2-3,6-9,17H,4-5H2,1H3,(H,15,16). The molecule has 0 aliphatic rings. The first-order valence-electron chi connectivity index (χ1n) is 5.52. The Labute approximate surface area is 100 Å². The number of phenols is 1. The number of benzene rings is 1. The Morgan fingerprint density at radius 1 is 1.47 bits per heavy atom. The van der Waals surface area contributed by atoms with Crippen LogP contribution in [0.4, 0.5) is 0 Å². The largest absolute Gasteiger partial charge is 0.507 e. The third-order valence-electron chi connectivity index (χ3n) is 2.48. The van der Waals surface area contributed by atoms with Crippen molar-refractivity contribution in [2.45, 2.75) is 13.3 Å². The number of rotatable bonds is 4. The summed E-state index contributed by atoms with van der Waals surface area (Å²) in [6.07, 6.45) is 5.97. The lowest BCUT2D eigenvalue weighted by Crippen LogP contribution is -1.91. The van der Waals surface area contributed by atoms with Crippen LogP contribution in [0.15, 0.2) is 35.7 Å².